The second-order valence-corrected chi connectivity index (χ2v) is 5.13. The summed E-state index contributed by atoms with van der Waals surface area (Å²) in [7, 11) is -2.96. The summed E-state index contributed by atoms with van der Waals surface area (Å²) >= 11 is 5.50. The second-order valence-electron chi connectivity index (χ2n) is 2.66. The number of rotatable bonds is 3. The summed E-state index contributed by atoms with van der Waals surface area (Å²) in [6.45, 7) is 3.92. The van der Waals surface area contributed by atoms with Crippen molar-refractivity contribution in [3.8, 4) is 0 Å². The molecule has 0 aromatic carbocycles. The van der Waals surface area contributed by atoms with Crippen molar-refractivity contribution in [3.05, 3.63) is 23.1 Å². The minimum absolute atomic E-state index is 0.120. The van der Waals surface area contributed by atoms with Crippen LogP contribution in [0, 0.1) is 0 Å². The van der Waals surface area contributed by atoms with Crippen LogP contribution in [0.3, 0.4) is 0 Å². The zero-order valence-electron chi connectivity index (χ0n) is 6.46. The lowest BCUT2D eigenvalue weighted by molar-refractivity contribution is 0.597. The molecule has 1 atom stereocenters. The first-order chi connectivity index (χ1) is 5.49. The molecule has 0 spiro atoms. The van der Waals surface area contributed by atoms with Gasteiger partial charge in [0, 0.05) is 23.0 Å². The first-order valence-electron chi connectivity index (χ1n) is 3.47. The van der Waals surface area contributed by atoms with Gasteiger partial charge in [0.05, 0.1) is 5.75 Å². The van der Waals surface area contributed by atoms with Gasteiger partial charge in [0.15, 0.2) is 9.84 Å². The van der Waals surface area contributed by atoms with Gasteiger partial charge in [-0.15, -0.1) is 0 Å². The third-order valence-electron chi connectivity index (χ3n) is 1.49. The molecule has 0 aromatic heterocycles. The maximum absolute atomic E-state index is 10.9. The lowest BCUT2D eigenvalue weighted by Crippen LogP contribution is -2.30. The molecule has 0 aliphatic carbocycles. The molecule has 0 aromatic rings. The molecule has 1 aliphatic rings. The first kappa shape index (κ1) is 9.77. The predicted octanol–water partition coefficient (Wildman–Crippen LogP) is 0.639. The molecule has 0 saturated heterocycles. The van der Waals surface area contributed by atoms with E-state index in [-0.39, 0.29) is 11.8 Å². The molecular formula is C7H10ClNO2S. The molecular weight excluding hydrogens is 198 g/mol. The van der Waals surface area contributed by atoms with Crippen LogP contribution in [0.4, 0.5) is 0 Å². The fourth-order valence-electron chi connectivity index (χ4n) is 0.945. The van der Waals surface area contributed by atoms with E-state index in [1.807, 2.05) is 0 Å². The number of nitrogens with one attached hydrogen (secondary N) is 1. The highest BCUT2D eigenvalue weighted by Gasteiger charge is 2.20. The molecule has 68 valence electrons. The highest BCUT2D eigenvalue weighted by molar-refractivity contribution is 7.94. The van der Waals surface area contributed by atoms with Crippen molar-refractivity contribution in [3.63, 3.8) is 0 Å². The number of hydrogen-bond acceptors (Lipinski definition) is 3. The average molecular weight is 208 g/mol. The van der Waals surface area contributed by atoms with Crippen molar-refractivity contribution >= 4 is 21.4 Å². The van der Waals surface area contributed by atoms with E-state index in [2.05, 4.69) is 11.9 Å². The van der Waals surface area contributed by atoms with Gasteiger partial charge in [0.2, 0.25) is 0 Å². The monoisotopic (exact) mass is 207 g/mol. The summed E-state index contributed by atoms with van der Waals surface area (Å²) in [6.07, 6.45) is 1.62. The zero-order chi connectivity index (χ0) is 9.19. The molecule has 5 heteroatoms. The molecule has 3 nitrogen and oxygen atoms in total. The van der Waals surface area contributed by atoms with Crippen LogP contribution in [0.15, 0.2) is 23.1 Å². The second kappa shape index (κ2) is 3.60. The van der Waals surface area contributed by atoms with E-state index in [0.29, 0.717) is 11.6 Å². The van der Waals surface area contributed by atoms with Crippen LogP contribution >= 0.6 is 11.6 Å². The van der Waals surface area contributed by atoms with Crippen molar-refractivity contribution in [1.82, 2.24) is 5.32 Å². The highest BCUT2D eigenvalue weighted by atomic mass is 35.5. The molecule has 0 fully saturated rings. The molecule has 1 rings (SSSR count). The van der Waals surface area contributed by atoms with Gasteiger partial charge < -0.3 is 5.32 Å². The Hall–Kier alpha value is -0.320. The van der Waals surface area contributed by atoms with Gasteiger partial charge in [-0.25, -0.2) is 8.42 Å². The van der Waals surface area contributed by atoms with Crippen LogP contribution in [0.5, 0.6) is 0 Å². The average Bonchev–Trinajstić information content (AvgIpc) is 2.26. The van der Waals surface area contributed by atoms with Gasteiger partial charge in [-0.1, -0.05) is 24.3 Å². The third-order valence-corrected chi connectivity index (χ3v) is 3.02. The Morgan fingerprint density at radius 2 is 2.42 bits per heavy atom. The summed E-state index contributed by atoms with van der Waals surface area (Å²) in [5, 5.41) is 4.64. The Bertz CT molecular complexity index is 307. The molecule has 1 N–H and O–H groups in total. The molecule has 0 bridgehead atoms. The van der Waals surface area contributed by atoms with Crippen LogP contribution in [0.2, 0.25) is 0 Å². The van der Waals surface area contributed by atoms with Crippen molar-refractivity contribution < 1.29 is 8.42 Å². The normalized spacial score (nSPS) is 25.9. The lowest BCUT2D eigenvalue weighted by Gasteiger charge is -2.07. The number of halogens is 1. The molecule has 0 saturated carbocycles. The Kier molecular flexibility index (Phi) is 2.93. The van der Waals surface area contributed by atoms with E-state index >= 15 is 0 Å². The Labute approximate surface area is 77.0 Å². The van der Waals surface area contributed by atoms with Crippen LogP contribution in [-0.2, 0) is 9.84 Å². The lowest BCUT2D eigenvalue weighted by atomic mass is 10.3. The Morgan fingerprint density at radius 3 is 2.83 bits per heavy atom. The minimum Gasteiger partial charge on any atom is -0.305 e. The van der Waals surface area contributed by atoms with E-state index in [1.165, 1.54) is 5.41 Å². The standard InChI is InChI=1S/C7H10ClNO2S/c1-6(8)4-9-7-2-3-12(10,11)5-7/h2-3,7,9H,1,4-5H2. The largest absolute Gasteiger partial charge is 0.305 e. The van der Waals surface area contributed by atoms with Crippen LogP contribution < -0.4 is 5.32 Å². The van der Waals surface area contributed by atoms with Crippen LogP contribution in [0.1, 0.15) is 0 Å². The summed E-state index contributed by atoms with van der Waals surface area (Å²) in [4.78, 5) is 0. The fourth-order valence-corrected chi connectivity index (χ4v) is 2.29. The van der Waals surface area contributed by atoms with Crippen LogP contribution in [-0.4, -0.2) is 26.8 Å². The van der Waals surface area contributed by atoms with Gasteiger partial charge in [0.25, 0.3) is 0 Å². The van der Waals surface area contributed by atoms with E-state index in [0.717, 1.165) is 0 Å². The molecule has 1 heterocycles. The van der Waals surface area contributed by atoms with E-state index in [1.54, 1.807) is 6.08 Å². The summed E-state index contributed by atoms with van der Waals surface area (Å²) in [6, 6.07) is -0.120. The fraction of sp³-hybridized carbons (Fsp3) is 0.429. The molecule has 1 aliphatic heterocycles. The van der Waals surface area contributed by atoms with Gasteiger partial charge in [0.1, 0.15) is 0 Å². The Balaban J connectivity index is 2.40. The van der Waals surface area contributed by atoms with Gasteiger partial charge >= 0.3 is 0 Å². The topological polar surface area (TPSA) is 46.2 Å². The molecule has 0 amide bonds. The van der Waals surface area contributed by atoms with Crippen molar-refractivity contribution in [2.75, 3.05) is 12.3 Å². The van der Waals surface area contributed by atoms with Crippen molar-refractivity contribution in [2.24, 2.45) is 0 Å². The summed E-state index contributed by atoms with van der Waals surface area (Å²) in [5.41, 5.74) is 0. The quantitative estimate of drug-likeness (QED) is 0.739. The predicted molar refractivity (Wildman–Crippen MR) is 49.7 cm³/mol. The maximum Gasteiger partial charge on any atom is 0.173 e. The zero-order valence-corrected chi connectivity index (χ0v) is 8.03. The van der Waals surface area contributed by atoms with E-state index in [4.69, 9.17) is 11.6 Å². The maximum atomic E-state index is 10.9. The molecule has 0 radical (unpaired) electrons. The summed E-state index contributed by atoms with van der Waals surface area (Å²) in [5.74, 6) is 0.122. The van der Waals surface area contributed by atoms with Gasteiger partial charge in [-0.2, -0.15) is 0 Å². The highest BCUT2D eigenvalue weighted by Crippen LogP contribution is 2.08. The van der Waals surface area contributed by atoms with E-state index in [9.17, 15) is 8.42 Å². The first-order valence-corrected chi connectivity index (χ1v) is 5.56. The van der Waals surface area contributed by atoms with Crippen molar-refractivity contribution in [1.29, 1.82) is 0 Å². The smallest absolute Gasteiger partial charge is 0.173 e. The number of sulfone groups is 1. The molecule has 12 heavy (non-hydrogen) atoms. The summed E-state index contributed by atoms with van der Waals surface area (Å²) < 4.78 is 21.8. The van der Waals surface area contributed by atoms with Crippen molar-refractivity contribution in [2.45, 2.75) is 6.04 Å². The van der Waals surface area contributed by atoms with Gasteiger partial charge in [-0.05, 0) is 0 Å². The SMILES string of the molecule is C=C(Cl)CNC1C=CS(=O)(=O)C1. The van der Waals surface area contributed by atoms with Crippen LogP contribution in [0.25, 0.3) is 0 Å². The molecule has 1 unspecified atom stereocenters. The minimum atomic E-state index is -2.96. The number of hydrogen-bond donors (Lipinski definition) is 1. The van der Waals surface area contributed by atoms with Gasteiger partial charge in [-0.3, -0.25) is 0 Å². The van der Waals surface area contributed by atoms with E-state index < -0.39 is 9.84 Å². The third kappa shape index (κ3) is 2.97. The Morgan fingerprint density at radius 1 is 1.75 bits per heavy atom.